The smallest absolute Gasteiger partial charge is 0.256 e. The van der Waals surface area contributed by atoms with Gasteiger partial charge in [0, 0.05) is 54.6 Å². The van der Waals surface area contributed by atoms with E-state index in [1.165, 1.54) is 16.8 Å². The van der Waals surface area contributed by atoms with Crippen LogP contribution >= 0.6 is 0 Å². The van der Waals surface area contributed by atoms with E-state index in [-0.39, 0.29) is 35.4 Å². The molecule has 0 aromatic heterocycles. The van der Waals surface area contributed by atoms with Crippen LogP contribution in [0.25, 0.3) is 0 Å². The van der Waals surface area contributed by atoms with Crippen LogP contribution in [0, 0.1) is 0 Å². The van der Waals surface area contributed by atoms with Crippen molar-refractivity contribution in [2.75, 3.05) is 21.1 Å². The van der Waals surface area contributed by atoms with E-state index in [1.54, 1.807) is 27.9 Å². The minimum atomic E-state index is -0.178. The van der Waals surface area contributed by atoms with Crippen molar-refractivity contribution >= 4 is 35.4 Å². The summed E-state index contributed by atoms with van der Waals surface area (Å²) in [4.78, 5) is 70.8. The summed E-state index contributed by atoms with van der Waals surface area (Å²) in [7, 11) is 4.59. The molecule has 0 fully saturated rings. The number of amides is 6. The largest absolute Gasteiger partial charge is 0.278 e. The average Bonchev–Trinajstić information content (AvgIpc) is 3.50. The van der Waals surface area contributed by atoms with Crippen LogP contribution in [0.1, 0.15) is 58.8 Å². The van der Waals surface area contributed by atoms with E-state index in [2.05, 4.69) is 0 Å². The van der Waals surface area contributed by atoms with Gasteiger partial charge in [0.15, 0.2) is 0 Å². The van der Waals surface area contributed by atoms with Gasteiger partial charge in [-0.3, -0.25) is 43.5 Å². The number of carbonyl (C=O) groups is 6. The Balaban J connectivity index is 0.000000140. The predicted octanol–water partition coefficient (Wildman–Crippen LogP) is 1.64. The fourth-order valence-corrected chi connectivity index (χ4v) is 4.50. The molecule has 33 heavy (non-hydrogen) atoms. The first-order valence-corrected chi connectivity index (χ1v) is 11.1. The Morgan fingerprint density at radius 1 is 0.424 bits per heavy atom. The van der Waals surface area contributed by atoms with Crippen molar-refractivity contribution in [1.29, 1.82) is 0 Å². The van der Waals surface area contributed by atoms with Gasteiger partial charge in [0.2, 0.25) is 0 Å². The number of imide groups is 3. The summed E-state index contributed by atoms with van der Waals surface area (Å²) < 4.78 is 0. The van der Waals surface area contributed by atoms with Crippen LogP contribution in [0.4, 0.5) is 0 Å². The third kappa shape index (κ3) is 4.19. The van der Waals surface area contributed by atoms with Crippen LogP contribution in [0.3, 0.4) is 0 Å². The van der Waals surface area contributed by atoms with Crippen LogP contribution in [-0.4, -0.2) is 71.3 Å². The number of hydrogen-bond acceptors (Lipinski definition) is 6. The zero-order chi connectivity index (χ0) is 24.6. The molecule has 0 aromatic rings. The number of rotatable bonds is 0. The molecule has 0 unspecified atom stereocenters. The molecule has 0 atom stereocenters. The first kappa shape index (κ1) is 24.3. The Bertz CT molecular complexity index is 1000. The molecule has 9 nitrogen and oxygen atoms in total. The first-order chi connectivity index (χ1) is 15.5. The third-order valence-electron chi connectivity index (χ3n) is 6.75. The molecular formula is C24H29N3O6. The first-order valence-electron chi connectivity index (χ1n) is 11.1. The van der Waals surface area contributed by atoms with Crippen molar-refractivity contribution in [1.82, 2.24) is 14.7 Å². The highest BCUT2D eigenvalue weighted by Gasteiger charge is 2.38. The molecule has 0 bridgehead atoms. The maximum absolute atomic E-state index is 11.4. The van der Waals surface area contributed by atoms with E-state index < -0.39 is 0 Å². The summed E-state index contributed by atoms with van der Waals surface area (Å²) in [5.74, 6) is -0.667. The quantitative estimate of drug-likeness (QED) is 0.514. The van der Waals surface area contributed by atoms with Gasteiger partial charge in [-0.2, -0.15) is 0 Å². The SMILES string of the molecule is CC1=C(C)C(=O)N(C)C1=O.CN1C(=O)C2=C(CCC2)C1=O.CN1C(=O)C2=C(CCCC2)C1=O. The molecule has 9 heteroatoms. The minimum absolute atomic E-state index is 0.0744. The molecule has 3 aliphatic heterocycles. The van der Waals surface area contributed by atoms with Gasteiger partial charge in [0.05, 0.1) is 0 Å². The van der Waals surface area contributed by atoms with E-state index >= 15 is 0 Å². The van der Waals surface area contributed by atoms with Gasteiger partial charge in [0.1, 0.15) is 0 Å². The normalized spacial score (nSPS) is 22.3. The fourth-order valence-electron chi connectivity index (χ4n) is 4.50. The highest BCUT2D eigenvalue weighted by Crippen LogP contribution is 2.33. The van der Waals surface area contributed by atoms with Crippen molar-refractivity contribution in [3.8, 4) is 0 Å². The van der Waals surface area contributed by atoms with Gasteiger partial charge in [-0.15, -0.1) is 0 Å². The van der Waals surface area contributed by atoms with Gasteiger partial charge in [-0.05, 0) is 58.8 Å². The molecule has 3 heterocycles. The van der Waals surface area contributed by atoms with Crippen molar-refractivity contribution in [3.05, 3.63) is 33.4 Å². The number of likely N-dealkylation sites (N-methyl/N-ethyl adjacent to an activating group) is 3. The lowest BCUT2D eigenvalue weighted by molar-refractivity contribution is -0.137. The maximum atomic E-state index is 11.4. The Labute approximate surface area is 192 Å². The molecule has 0 spiro atoms. The van der Waals surface area contributed by atoms with Gasteiger partial charge in [-0.25, -0.2) is 0 Å². The average molecular weight is 456 g/mol. The van der Waals surface area contributed by atoms with Gasteiger partial charge < -0.3 is 0 Å². The zero-order valence-electron chi connectivity index (χ0n) is 19.7. The second-order valence-electron chi connectivity index (χ2n) is 8.73. The van der Waals surface area contributed by atoms with Crippen LogP contribution < -0.4 is 0 Å². The van der Waals surface area contributed by atoms with Crippen LogP contribution in [0.15, 0.2) is 33.4 Å². The summed E-state index contributed by atoms with van der Waals surface area (Å²) in [5, 5.41) is 0. The third-order valence-corrected chi connectivity index (χ3v) is 6.75. The molecule has 0 saturated heterocycles. The number of likely N-dealkylation sites (tertiary alicyclic amines) is 1. The molecule has 2 aliphatic carbocycles. The van der Waals surface area contributed by atoms with Crippen LogP contribution in [-0.2, 0) is 28.8 Å². The van der Waals surface area contributed by atoms with E-state index in [9.17, 15) is 28.8 Å². The van der Waals surface area contributed by atoms with Crippen LogP contribution in [0.2, 0.25) is 0 Å². The van der Waals surface area contributed by atoms with Crippen molar-refractivity contribution in [2.45, 2.75) is 58.8 Å². The molecule has 0 N–H and O–H groups in total. The van der Waals surface area contributed by atoms with E-state index in [0.29, 0.717) is 11.1 Å². The molecule has 176 valence electrons. The molecule has 5 rings (SSSR count). The standard InChI is InChI=1S/C9H11NO2.C8H9NO2.C7H9NO2/c1-10-8(11)6-4-2-3-5-7(6)9(10)12;1-9-7(10)5-3-2-4-6(5)8(9)11;1-4-5(2)7(10)8(3)6(4)9/h2-5H2,1H3;2-4H2,1H3;1-3H3. The summed E-state index contributed by atoms with van der Waals surface area (Å²) in [6, 6.07) is 0. The van der Waals surface area contributed by atoms with Gasteiger partial charge >= 0.3 is 0 Å². The Hall–Kier alpha value is -3.36. The number of nitrogens with zero attached hydrogens (tertiary/aromatic N) is 3. The lowest BCUT2D eigenvalue weighted by Crippen LogP contribution is -2.27. The molecule has 6 amide bonds. The Morgan fingerprint density at radius 2 is 0.667 bits per heavy atom. The lowest BCUT2D eigenvalue weighted by Gasteiger charge is -2.08. The van der Waals surface area contributed by atoms with Crippen molar-refractivity contribution in [3.63, 3.8) is 0 Å². The maximum Gasteiger partial charge on any atom is 0.256 e. The van der Waals surface area contributed by atoms with Crippen LogP contribution in [0.5, 0.6) is 0 Å². The monoisotopic (exact) mass is 455 g/mol. The minimum Gasteiger partial charge on any atom is -0.278 e. The summed E-state index contributed by atoms with van der Waals surface area (Å²) in [6.07, 6.45) is 6.25. The summed E-state index contributed by atoms with van der Waals surface area (Å²) in [5.41, 5.74) is 4.19. The second-order valence-corrected chi connectivity index (χ2v) is 8.73. The number of carbonyl (C=O) groups excluding carboxylic acids is 6. The van der Waals surface area contributed by atoms with Crippen molar-refractivity contribution < 1.29 is 28.8 Å². The summed E-state index contributed by atoms with van der Waals surface area (Å²) in [6.45, 7) is 3.33. The molecule has 0 radical (unpaired) electrons. The van der Waals surface area contributed by atoms with Gasteiger partial charge in [0.25, 0.3) is 35.4 Å². The summed E-state index contributed by atoms with van der Waals surface area (Å²) >= 11 is 0. The number of hydrogen-bond donors (Lipinski definition) is 0. The lowest BCUT2D eigenvalue weighted by atomic mass is 9.93. The topological polar surface area (TPSA) is 112 Å². The fraction of sp³-hybridized carbons (Fsp3) is 0.500. The Kier molecular flexibility index (Phi) is 6.81. The van der Waals surface area contributed by atoms with Gasteiger partial charge in [-0.1, -0.05) is 0 Å². The zero-order valence-corrected chi connectivity index (χ0v) is 19.7. The van der Waals surface area contributed by atoms with E-state index in [0.717, 1.165) is 72.1 Å². The Morgan fingerprint density at radius 3 is 0.909 bits per heavy atom. The molecule has 0 saturated carbocycles. The highest BCUT2D eigenvalue weighted by molar-refractivity contribution is 6.20. The molecule has 0 aromatic carbocycles. The highest BCUT2D eigenvalue weighted by atomic mass is 16.2. The van der Waals surface area contributed by atoms with E-state index in [1.807, 2.05) is 0 Å². The molecular weight excluding hydrogens is 426 g/mol. The van der Waals surface area contributed by atoms with Crippen molar-refractivity contribution in [2.24, 2.45) is 0 Å². The van der Waals surface area contributed by atoms with E-state index in [4.69, 9.17) is 0 Å². The molecule has 5 aliphatic rings. The second kappa shape index (κ2) is 9.25. The predicted molar refractivity (Wildman–Crippen MR) is 118 cm³/mol.